The van der Waals surface area contributed by atoms with E-state index in [-0.39, 0.29) is 0 Å². The Labute approximate surface area is 141 Å². The third-order valence-electron chi connectivity index (χ3n) is 3.24. The number of anilines is 1. The van der Waals surface area contributed by atoms with E-state index >= 15 is 0 Å². The number of thiocarbonyl (C=S) groups is 1. The first-order chi connectivity index (χ1) is 11.2. The Morgan fingerprint density at radius 2 is 1.61 bits per heavy atom. The number of hydrogen-bond acceptors (Lipinski definition) is 4. The molecule has 0 bridgehead atoms. The molecule has 23 heavy (non-hydrogen) atoms. The number of benzene rings is 2. The van der Waals surface area contributed by atoms with Crippen LogP contribution < -0.4 is 24.8 Å². The second kappa shape index (κ2) is 8.24. The summed E-state index contributed by atoms with van der Waals surface area (Å²) in [6, 6.07) is 13.3. The summed E-state index contributed by atoms with van der Waals surface area (Å²) in [6.07, 6.45) is 0. The maximum absolute atomic E-state index is 5.33. The Balaban J connectivity index is 1.99. The molecule has 0 aromatic heterocycles. The lowest BCUT2D eigenvalue weighted by Gasteiger charge is -2.14. The fourth-order valence-electron chi connectivity index (χ4n) is 2.08. The lowest BCUT2D eigenvalue weighted by molar-refractivity contribution is 0.395. The van der Waals surface area contributed by atoms with Crippen LogP contribution in [0.15, 0.2) is 42.5 Å². The van der Waals surface area contributed by atoms with Gasteiger partial charge in [0.15, 0.2) is 5.11 Å². The number of hydrogen-bond donors (Lipinski definition) is 2. The van der Waals surface area contributed by atoms with Crippen molar-refractivity contribution in [1.29, 1.82) is 0 Å². The van der Waals surface area contributed by atoms with E-state index in [0.717, 1.165) is 17.0 Å². The van der Waals surface area contributed by atoms with Gasteiger partial charge >= 0.3 is 0 Å². The summed E-state index contributed by atoms with van der Waals surface area (Å²) in [7, 11) is 4.87. The molecule has 6 heteroatoms. The second-order valence-corrected chi connectivity index (χ2v) is 5.13. The molecule has 2 N–H and O–H groups in total. The van der Waals surface area contributed by atoms with Crippen molar-refractivity contribution in [3.8, 4) is 17.2 Å². The van der Waals surface area contributed by atoms with Crippen molar-refractivity contribution in [3.05, 3.63) is 48.0 Å². The van der Waals surface area contributed by atoms with Crippen molar-refractivity contribution in [2.45, 2.75) is 6.54 Å². The fourth-order valence-corrected chi connectivity index (χ4v) is 2.27. The van der Waals surface area contributed by atoms with Crippen LogP contribution in [-0.2, 0) is 6.54 Å². The molecule has 0 saturated heterocycles. The van der Waals surface area contributed by atoms with E-state index in [9.17, 15) is 0 Å². The number of ether oxygens (including phenoxy) is 3. The molecule has 5 nitrogen and oxygen atoms in total. The number of para-hydroxylation sites is 1. The minimum Gasteiger partial charge on any atom is -0.497 e. The van der Waals surface area contributed by atoms with Crippen molar-refractivity contribution in [2.75, 3.05) is 26.6 Å². The molecule has 0 atom stereocenters. The van der Waals surface area contributed by atoms with Gasteiger partial charge in [-0.1, -0.05) is 18.2 Å². The highest BCUT2D eigenvalue weighted by Gasteiger charge is 2.05. The van der Waals surface area contributed by atoms with Gasteiger partial charge in [0.05, 0.1) is 21.3 Å². The zero-order valence-corrected chi connectivity index (χ0v) is 14.2. The molecule has 0 aliphatic rings. The SMILES string of the molecule is COc1cc(NC(=S)NCc2ccccc2OC)cc(OC)c1. The predicted molar refractivity (Wildman–Crippen MR) is 95.6 cm³/mol. The highest BCUT2D eigenvalue weighted by molar-refractivity contribution is 7.80. The fraction of sp³-hybridized carbons (Fsp3) is 0.235. The number of nitrogens with one attached hydrogen (secondary N) is 2. The molecule has 122 valence electrons. The molecule has 0 saturated carbocycles. The highest BCUT2D eigenvalue weighted by Crippen LogP contribution is 2.25. The first-order valence-corrected chi connectivity index (χ1v) is 7.47. The van der Waals surface area contributed by atoms with Gasteiger partial charge in [0.2, 0.25) is 0 Å². The topological polar surface area (TPSA) is 51.8 Å². The summed E-state index contributed by atoms with van der Waals surface area (Å²) in [5.41, 5.74) is 1.82. The first-order valence-electron chi connectivity index (χ1n) is 7.06. The molecular formula is C17H20N2O3S. The van der Waals surface area contributed by atoms with Crippen molar-refractivity contribution < 1.29 is 14.2 Å². The van der Waals surface area contributed by atoms with Crippen LogP contribution in [0.5, 0.6) is 17.2 Å². The van der Waals surface area contributed by atoms with E-state index in [2.05, 4.69) is 10.6 Å². The van der Waals surface area contributed by atoms with Crippen molar-refractivity contribution >= 4 is 23.0 Å². The molecule has 2 aromatic carbocycles. The van der Waals surface area contributed by atoms with Crippen molar-refractivity contribution in [2.24, 2.45) is 0 Å². The standard InChI is InChI=1S/C17H20N2O3S/c1-20-14-8-13(9-15(10-14)21-2)19-17(23)18-11-12-6-4-5-7-16(12)22-3/h4-10H,11H2,1-3H3,(H2,18,19,23). The molecular weight excluding hydrogens is 312 g/mol. The summed E-state index contributed by atoms with van der Waals surface area (Å²) in [6.45, 7) is 0.566. The molecule has 0 fully saturated rings. The maximum atomic E-state index is 5.33. The Kier molecular flexibility index (Phi) is 6.05. The van der Waals surface area contributed by atoms with Gasteiger partial charge in [0.25, 0.3) is 0 Å². The zero-order valence-electron chi connectivity index (χ0n) is 13.4. The average Bonchev–Trinajstić information content (AvgIpc) is 2.59. The number of rotatable bonds is 6. The summed E-state index contributed by atoms with van der Waals surface area (Å²) < 4.78 is 15.8. The molecule has 0 unspecified atom stereocenters. The minimum atomic E-state index is 0.506. The van der Waals surface area contributed by atoms with Gasteiger partial charge in [-0.3, -0.25) is 0 Å². The molecule has 0 amide bonds. The summed E-state index contributed by atoms with van der Waals surface area (Å²) in [5, 5.41) is 6.78. The molecule has 0 spiro atoms. The van der Waals surface area contributed by atoms with Crippen LogP contribution in [0.25, 0.3) is 0 Å². The van der Waals surface area contributed by atoms with E-state index in [1.165, 1.54) is 0 Å². The van der Waals surface area contributed by atoms with E-state index in [0.29, 0.717) is 23.2 Å². The van der Waals surface area contributed by atoms with Crippen molar-refractivity contribution in [3.63, 3.8) is 0 Å². The summed E-state index contributed by atoms with van der Waals surface area (Å²) in [5.74, 6) is 2.21. The highest BCUT2D eigenvalue weighted by atomic mass is 32.1. The minimum absolute atomic E-state index is 0.506. The Hall–Kier alpha value is -2.47. The van der Waals surface area contributed by atoms with Crippen LogP contribution in [-0.4, -0.2) is 26.4 Å². The molecule has 0 heterocycles. The van der Waals surface area contributed by atoms with Gasteiger partial charge in [0, 0.05) is 36.0 Å². The van der Waals surface area contributed by atoms with Gasteiger partial charge < -0.3 is 24.8 Å². The van der Waals surface area contributed by atoms with Crippen LogP contribution >= 0.6 is 12.2 Å². The lowest BCUT2D eigenvalue weighted by Crippen LogP contribution is -2.28. The van der Waals surface area contributed by atoms with E-state index < -0.39 is 0 Å². The normalized spacial score (nSPS) is 9.87. The third-order valence-corrected chi connectivity index (χ3v) is 3.49. The Morgan fingerprint density at radius 3 is 2.22 bits per heavy atom. The smallest absolute Gasteiger partial charge is 0.171 e. The summed E-state index contributed by atoms with van der Waals surface area (Å²) in [4.78, 5) is 0. The second-order valence-electron chi connectivity index (χ2n) is 4.72. The van der Waals surface area contributed by atoms with E-state index in [1.807, 2.05) is 36.4 Å². The third kappa shape index (κ3) is 4.75. The predicted octanol–water partition coefficient (Wildman–Crippen LogP) is 3.20. The van der Waals surface area contributed by atoms with Crippen LogP contribution in [0.1, 0.15) is 5.56 Å². The molecule has 2 rings (SSSR count). The quantitative estimate of drug-likeness (QED) is 0.792. The summed E-state index contributed by atoms with van der Waals surface area (Å²) >= 11 is 5.33. The molecule has 0 aliphatic heterocycles. The van der Waals surface area contributed by atoms with Gasteiger partial charge in [-0.05, 0) is 18.3 Å². The van der Waals surface area contributed by atoms with Crippen molar-refractivity contribution in [1.82, 2.24) is 5.32 Å². The molecule has 0 aliphatic carbocycles. The average molecular weight is 332 g/mol. The number of methoxy groups -OCH3 is 3. The van der Waals surface area contributed by atoms with Crippen LogP contribution in [0.3, 0.4) is 0 Å². The van der Waals surface area contributed by atoms with Gasteiger partial charge in [-0.2, -0.15) is 0 Å². The lowest BCUT2D eigenvalue weighted by atomic mass is 10.2. The maximum Gasteiger partial charge on any atom is 0.171 e. The van der Waals surface area contributed by atoms with Gasteiger partial charge in [-0.25, -0.2) is 0 Å². The van der Waals surface area contributed by atoms with E-state index in [4.69, 9.17) is 26.4 Å². The first kappa shape index (κ1) is 16.9. The Morgan fingerprint density at radius 1 is 0.957 bits per heavy atom. The Bertz CT molecular complexity index is 654. The van der Waals surface area contributed by atoms with E-state index in [1.54, 1.807) is 27.4 Å². The van der Waals surface area contributed by atoms with Gasteiger partial charge in [0.1, 0.15) is 17.2 Å². The van der Waals surface area contributed by atoms with Crippen LogP contribution in [0, 0.1) is 0 Å². The largest absolute Gasteiger partial charge is 0.497 e. The van der Waals surface area contributed by atoms with Gasteiger partial charge in [-0.15, -0.1) is 0 Å². The monoisotopic (exact) mass is 332 g/mol. The van der Waals surface area contributed by atoms with Crippen LogP contribution in [0.2, 0.25) is 0 Å². The van der Waals surface area contributed by atoms with Crippen LogP contribution in [0.4, 0.5) is 5.69 Å². The zero-order chi connectivity index (χ0) is 16.7. The molecule has 0 radical (unpaired) electrons. The molecule has 2 aromatic rings.